The number of benzene rings is 1. The molecule has 1 heterocycles. The van der Waals surface area contributed by atoms with Crippen molar-refractivity contribution in [3.8, 4) is 17.9 Å². The molecule has 1 N–H and O–H groups in total. The van der Waals surface area contributed by atoms with Crippen LogP contribution in [-0.2, 0) is 9.53 Å². The van der Waals surface area contributed by atoms with Gasteiger partial charge in [-0.2, -0.15) is 10.5 Å². The van der Waals surface area contributed by atoms with E-state index in [0.717, 1.165) is 0 Å². The normalized spacial score (nSPS) is 20.3. The zero-order chi connectivity index (χ0) is 14.7. The number of rotatable bonds is 2. The number of para-hydroxylation sites is 1. The second-order valence-corrected chi connectivity index (χ2v) is 4.27. The predicted molar refractivity (Wildman–Crippen MR) is 67.8 cm³/mol. The molecule has 20 heavy (non-hydrogen) atoms. The smallest absolute Gasteiger partial charge is 0.318 e. The van der Waals surface area contributed by atoms with Crippen LogP contribution in [0.4, 0.5) is 0 Å². The van der Waals surface area contributed by atoms with E-state index in [1.807, 2.05) is 12.1 Å². The quantitative estimate of drug-likeness (QED) is 0.820. The van der Waals surface area contributed by atoms with E-state index in [0.29, 0.717) is 11.3 Å². The number of carbonyl (C=O) groups is 1. The third-order valence-corrected chi connectivity index (χ3v) is 3.23. The summed E-state index contributed by atoms with van der Waals surface area (Å²) in [6.07, 6.45) is 0. The Balaban J connectivity index is 2.60. The average Bonchev–Trinajstić information content (AvgIpc) is 2.47. The van der Waals surface area contributed by atoms with E-state index in [1.54, 1.807) is 24.3 Å². The van der Waals surface area contributed by atoms with Crippen LogP contribution in [0.5, 0.6) is 5.75 Å². The van der Waals surface area contributed by atoms with Gasteiger partial charge in [0.25, 0.3) is 0 Å². The van der Waals surface area contributed by atoms with Crippen molar-refractivity contribution in [2.24, 2.45) is 11.8 Å². The van der Waals surface area contributed by atoms with Crippen molar-refractivity contribution in [3.63, 3.8) is 0 Å². The third kappa shape index (κ3) is 2.08. The third-order valence-electron chi connectivity index (χ3n) is 3.23. The van der Waals surface area contributed by atoms with Gasteiger partial charge in [-0.25, -0.2) is 0 Å². The number of esters is 1. The molecule has 1 aliphatic heterocycles. The predicted octanol–water partition coefficient (Wildman–Crippen LogP) is 1.59. The molecular weight excluding hydrogens is 258 g/mol. The number of nitrogens with one attached hydrogen (secondary N) is 1. The maximum absolute atomic E-state index is 11.9. The molecule has 1 aromatic rings. The first kappa shape index (κ1) is 13.6. The Hall–Kier alpha value is -2.86. The van der Waals surface area contributed by atoms with Crippen LogP contribution in [0.2, 0.25) is 0 Å². The fourth-order valence-electron chi connectivity index (χ4n) is 2.32. The van der Waals surface area contributed by atoms with E-state index in [9.17, 15) is 4.79 Å². The Morgan fingerprint density at radius 1 is 1.40 bits per heavy atom. The van der Waals surface area contributed by atoms with Gasteiger partial charge in [0.1, 0.15) is 17.6 Å². The minimum absolute atomic E-state index is 0.309. The van der Waals surface area contributed by atoms with Crippen molar-refractivity contribution in [2.75, 3.05) is 7.11 Å². The zero-order valence-electron chi connectivity index (χ0n) is 10.7. The van der Waals surface area contributed by atoms with Gasteiger partial charge in [0, 0.05) is 11.5 Å². The Morgan fingerprint density at radius 3 is 2.65 bits per heavy atom. The van der Waals surface area contributed by atoms with Crippen molar-refractivity contribution in [1.29, 1.82) is 15.9 Å². The molecule has 100 valence electrons. The van der Waals surface area contributed by atoms with E-state index in [2.05, 4.69) is 4.74 Å². The van der Waals surface area contributed by atoms with Crippen LogP contribution in [0, 0.1) is 39.9 Å². The number of fused-ring (bicyclic) bond motifs is 1. The fraction of sp³-hybridized carbons (Fsp3) is 0.286. The Kier molecular flexibility index (Phi) is 3.67. The Bertz CT molecular complexity index is 628. The summed E-state index contributed by atoms with van der Waals surface area (Å²) >= 11 is 0. The van der Waals surface area contributed by atoms with Crippen molar-refractivity contribution >= 4 is 11.9 Å². The zero-order valence-corrected chi connectivity index (χ0v) is 10.7. The molecule has 0 saturated carbocycles. The first-order valence-electron chi connectivity index (χ1n) is 5.86. The van der Waals surface area contributed by atoms with Crippen LogP contribution in [0.1, 0.15) is 11.5 Å². The highest BCUT2D eigenvalue weighted by Crippen LogP contribution is 2.42. The number of hydrogen-bond acceptors (Lipinski definition) is 6. The summed E-state index contributed by atoms with van der Waals surface area (Å²) in [5, 5.41) is 26.1. The number of methoxy groups -OCH3 is 1. The number of nitriles is 2. The lowest BCUT2D eigenvalue weighted by atomic mass is 9.76. The summed E-state index contributed by atoms with van der Waals surface area (Å²) in [6.45, 7) is 0. The average molecular weight is 269 g/mol. The molecule has 0 bridgehead atoms. The molecule has 0 aromatic heterocycles. The molecule has 1 aromatic carbocycles. The highest BCUT2D eigenvalue weighted by atomic mass is 16.5. The summed E-state index contributed by atoms with van der Waals surface area (Å²) in [7, 11) is 1.20. The monoisotopic (exact) mass is 269 g/mol. The molecule has 0 radical (unpaired) electrons. The summed E-state index contributed by atoms with van der Waals surface area (Å²) < 4.78 is 9.97. The number of hydrogen-bond donors (Lipinski definition) is 1. The van der Waals surface area contributed by atoms with Gasteiger partial charge in [0.15, 0.2) is 0 Å². The summed E-state index contributed by atoms with van der Waals surface area (Å²) in [5.41, 5.74) is 0.562. The lowest BCUT2D eigenvalue weighted by Crippen LogP contribution is -2.40. The first-order chi connectivity index (χ1) is 9.63. The van der Waals surface area contributed by atoms with Gasteiger partial charge in [0.05, 0.1) is 19.2 Å². The number of nitrogens with zero attached hydrogens (tertiary/aromatic N) is 2. The van der Waals surface area contributed by atoms with Gasteiger partial charge < -0.3 is 9.47 Å². The fourth-order valence-corrected chi connectivity index (χ4v) is 2.32. The minimum atomic E-state index is -1.08. The van der Waals surface area contributed by atoms with Gasteiger partial charge in [-0.3, -0.25) is 10.2 Å². The number of carbonyl (C=O) groups excluding carboxylic acids is 1. The highest BCUT2D eigenvalue weighted by molar-refractivity contribution is 5.99. The van der Waals surface area contributed by atoms with E-state index in [4.69, 9.17) is 20.7 Å². The van der Waals surface area contributed by atoms with Gasteiger partial charge >= 0.3 is 5.97 Å². The topological polar surface area (TPSA) is 107 Å². The van der Waals surface area contributed by atoms with Crippen molar-refractivity contribution in [3.05, 3.63) is 29.8 Å². The van der Waals surface area contributed by atoms with Crippen LogP contribution in [0.3, 0.4) is 0 Å². The van der Waals surface area contributed by atoms with Crippen LogP contribution < -0.4 is 4.74 Å². The molecule has 2 atom stereocenters. The number of ether oxygens (including phenoxy) is 2. The van der Waals surface area contributed by atoms with Crippen molar-refractivity contribution in [1.82, 2.24) is 0 Å². The molecule has 0 fully saturated rings. The highest BCUT2D eigenvalue weighted by Gasteiger charge is 2.45. The summed E-state index contributed by atoms with van der Waals surface area (Å²) in [6, 6.07) is 10.5. The van der Waals surface area contributed by atoms with Gasteiger partial charge in [-0.15, -0.1) is 0 Å². The van der Waals surface area contributed by atoms with Crippen LogP contribution in [0.25, 0.3) is 0 Å². The molecule has 0 amide bonds. The van der Waals surface area contributed by atoms with Gasteiger partial charge in [-0.1, -0.05) is 18.2 Å². The van der Waals surface area contributed by atoms with Crippen molar-refractivity contribution < 1.29 is 14.3 Å². The van der Waals surface area contributed by atoms with E-state index < -0.39 is 23.7 Å². The Labute approximate surface area is 115 Å². The maximum Gasteiger partial charge on any atom is 0.318 e. The molecule has 6 nitrogen and oxygen atoms in total. The van der Waals surface area contributed by atoms with E-state index in [1.165, 1.54) is 7.11 Å². The van der Waals surface area contributed by atoms with Crippen LogP contribution in [0.15, 0.2) is 24.3 Å². The standard InChI is InChI=1S/C14H11N3O3/c1-19-14(18)12-11(8(6-15)7-16)9-4-2-3-5-10(9)20-13(12)17/h2-5,8,11-12,17H,1H3. The summed E-state index contributed by atoms with van der Waals surface area (Å²) in [5.74, 6) is -3.53. The molecule has 0 aliphatic carbocycles. The molecule has 0 saturated heterocycles. The van der Waals surface area contributed by atoms with E-state index in [-0.39, 0.29) is 5.90 Å². The van der Waals surface area contributed by atoms with Gasteiger partial charge in [-0.05, 0) is 6.07 Å². The van der Waals surface area contributed by atoms with Crippen molar-refractivity contribution in [2.45, 2.75) is 5.92 Å². The lowest BCUT2D eigenvalue weighted by Gasteiger charge is -2.32. The lowest BCUT2D eigenvalue weighted by molar-refractivity contribution is -0.144. The molecule has 2 unspecified atom stereocenters. The largest absolute Gasteiger partial charge is 0.468 e. The summed E-state index contributed by atoms with van der Waals surface area (Å²) in [4.78, 5) is 11.9. The SMILES string of the molecule is COC(=O)C1C(=N)Oc2ccccc2C1C(C#N)C#N. The maximum atomic E-state index is 11.9. The van der Waals surface area contributed by atoms with Gasteiger partial charge in [0.2, 0.25) is 5.90 Å². The molecular formula is C14H11N3O3. The van der Waals surface area contributed by atoms with Crippen LogP contribution >= 0.6 is 0 Å². The second kappa shape index (κ2) is 5.41. The Morgan fingerprint density at radius 2 is 2.05 bits per heavy atom. The van der Waals surface area contributed by atoms with Crippen LogP contribution in [-0.4, -0.2) is 19.0 Å². The molecule has 6 heteroatoms. The minimum Gasteiger partial charge on any atom is -0.468 e. The molecule has 1 aliphatic rings. The van der Waals surface area contributed by atoms with E-state index >= 15 is 0 Å². The second-order valence-electron chi connectivity index (χ2n) is 4.27. The first-order valence-corrected chi connectivity index (χ1v) is 5.86. The molecule has 0 spiro atoms. The molecule has 2 rings (SSSR count).